The van der Waals surface area contributed by atoms with Gasteiger partial charge in [0.25, 0.3) is 0 Å². The summed E-state index contributed by atoms with van der Waals surface area (Å²) in [7, 11) is 0. The van der Waals surface area contributed by atoms with E-state index >= 15 is 0 Å². The number of amides is 1. The minimum atomic E-state index is -4.70. The van der Waals surface area contributed by atoms with Gasteiger partial charge >= 0.3 is 12.3 Å². The Bertz CT molecular complexity index is 919. The van der Waals surface area contributed by atoms with E-state index in [4.69, 9.17) is 21.3 Å². The van der Waals surface area contributed by atoms with Crippen molar-refractivity contribution in [2.45, 2.75) is 38.9 Å². The Morgan fingerprint density at radius 3 is 2.50 bits per heavy atom. The zero-order valence-corrected chi connectivity index (χ0v) is 16.9. The monoisotopic (exact) mass is 426 g/mol. The number of nitrogens with zero attached hydrogens (tertiary/aromatic N) is 1. The molecule has 1 aromatic heterocycles. The second-order valence-electron chi connectivity index (χ2n) is 7.74. The highest BCUT2D eigenvalue weighted by atomic mass is 19.4. The smallest absolute Gasteiger partial charge is 0.419 e. The van der Waals surface area contributed by atoms with Crippen molar-refractivity contribution in [3.63, 3.8) is 0 Å². The van der Waals surface area contributed by atoms with E-state index in [0.29, 0.717) is 12.0 Å². The van der Waals surface area contributed by atoms with Crippen molar-refractivity contribution < 1.29 is 27.8 Å². The van der Waals surface area contributed by atoms with Crippen molar-refractivity contribution in [3.05, 3.63) is 36.0 Å². The zero-order valence-electron chi connectivity index (χ0n) is 16.9. The maximum absolute atomic E-state index is 13.7. The summed E-state index contributed by atoms with van der Waals surface area (Å²) in [6, 6.07) is 5.01. The van der Waals surface area contributed by atoms with E-state index in [1.54, 1.807) is 6.92 Å². The number of carbonyl (C=O) groups is 1. The van der Waals surface area contributed by atoms with Crippen LogP contribution in [0.2, 0.25) is 0 Å². The fraction of sp³-hybridized carbons (Fsp3) is 0.400. The number of hydrogen-bond acceptors (Lipinski definition) is 5. The van der Waals surface area contributed by atoms with Crippen molar-refractivity contribution in [2.75, 3.05) is 18.1 Å². The molecule has 0 aliphatic carbocycles. The van der Waals surface area contributed by atoms with Gasteiger partial charge < -0.3 is 26.6 Å². The molecule has 7 nitrogen and oxygen atoms in total. The predicted octanol–water partition coefficient (Wildman–Crippen LogP) is 4.38. The second kappa shape index (κ2) is 8.68. The summed E-state index contributed by atoms with van der Waals surface area (Å²) in [5, 5.41) is 11.4. The van der Waals surface area contributed by atoms with Crippen LogP contribution in [0.1, 0.15) is 32.8 Å². The molecule has 0 spiro atoms. The first kappa shape index (κ1) is 23.1. The number of halogens is 3. The fourth-order valence-corrected chi connectivity index (χ4v) is 3.33. The lowest BCUT2D eigenvalue weighted by Gasteiger charge is -2.31. The summed E-state index contributed by atoms with van der Waals surface area (Å²) in [5.41, 5.74) is 10.0. The average Bonchev–Trinajstić information content (AvgIpc) is 2.60. The first-order chi connectivity index (χ1) is 13.8. The molecule has 0 radical (unpaired) electrons. The normalized spacial score (nSPS) is 13.7. The summed E-state index contributed by atoms with van der Waals surface area (Å²) >= 11 is 0. The molecule has 2 rings (SSSR count). The molecular weight excluding hydrogens is 401 g/mol. The van der Waals surface area contributed by atoms with Crippen LogP contribution in [0.4, 0.5) is 29.5 Å². The Morgan fingerprint density at radius 2 is 1.93 bits per heavy atom. The Hall–Kier alpha value is -3.17. The third kappa shape index (κ3) is 5.68. The molecule has 0 saturated heterocycles. The summed E-state index contributed by atoms with van der Waals surface area (Å²) in [5.74, 6) is -0.297. The van der Waals surface area contributed by atoms with Crippen LogP contribution < -0.4 is 21.5 Å². The van der Waals surface area contributed by atoms with E-state index < -0.39 is 29.1 Å². The number of alkyl halides is 3. The van der Waals surface area contributed by atoms with Gasteiger partial charge in [0.2, 0.25) is 0 Å². The Labute approximate surface area is 172 Å². The van der Waals surface area contributed by atoms with Gasteiger partial charge in [-0.05, 0) is 43.0 Å². The number of rotatable bonds is 7. The molecule has 1 amide bonds. The van der Waals surface area contributed by atoms with Crippen LogP contribution in [0.3, 0.4) is 0 Å². The average molecular weight is 426 g/mol. The molecule has 0 aliphatic heterocycles. The van der Waals surface area contributed by atoms with Gasteiger partial charge in [0.1, 0.15) is 18.2 Å². The van der Waals surface area contributed by atoms with Gasteiger partial charge in [0, 0.05) is 11.8 Å². The molecule has 0 aliphatic rings. The van der Waals surface area contributed by atoms with E-state index in [0.717, 1.165) is 6.07 Å². The highest BCUT2D eigenvalue weighted by Gasteiger charge is 2.36. The van der Waals surface area contributed by atoms with Gasteiger partial charge in [-0.15, -0.1) is 0 Å². The number of nitrogen functional groups attached to an aromatic ring is 2. The Kier molecular flexibility index (Phi) is 6.69. The number of hydrogen-bond donors (Lipinski definition) is 4. The predicted molar refractivity (Wildman–Crippen MR) is 108 cm³/mol. The molecule has 6 N–H and O–H groups in total. The van der Waals surface area contributed by atoms with Crippen LogP contribution in [0.5, 0.6) is 5.75 Å². The number of ether oxygens (including phenoxy) is 1. The maximum atomic E-state index is 13.7. The number of anilines is 2. The number of benzene rings is 1. The van der Waals surface area contributed by atoms with Crippen molar-refractivity contribution in [1.29, 1.82) is 0 Å². The number of pyridine rings is 1. The van der Waals surface area contributed by atoms with Crippen molar-refractivity contribution in [2.24, 2.45) is 5.92 Å². The Morgan fingerprint density at radius 1 is 1.27 bits per heavy atom. The lowest BCUT2D eigenvalue weighted by Crippen LogP contribution is -2.50. The molecule has 1 unspecified atom stereocenters. The van der Waals surface area contributed by atoms with Gasteiger partial charge in [-0.25, -0.2) is 9.78 Å². The number of nitrogens with two attached hydrogens (primary N) is 2. The quantitative estimate of drug-likeness (QED) is 0.521. The highest BCUT2D eigenvalue weighted by Crippen LogP contribution is 2.40. The van der Waals surface area contributed by atoms with Crippen molar-refractivity contribution >= 4 is 17.6 Å². The summed E-state index contributed by atoms with van der Waals surface area (Å²) in [4.78, 5) is 14.9. The third-order valence-electron chi connectivity index (χ3n) is 4.43. The van der Waals surface area contributed by atoms with Gasteiger partial charge in [-0.1, -0.05) is 19.9 Å². The third-order valence-corrected chi connectivity index (χ3v) is 4.43. The summed E-state index contributed by atoms with van der Waals surface area (Å²) in [6.45, 7) is 5.07. The molecule has 2 aromatic rings. The molecule has 0 saturated carbocycles. The van der Waals surface area contributed by atoms with E-state index in [1.807, 2.05) is 13.8 Å². The standard InChI is InChI=1S/C20H25F3N4O3/c1-11(2)9-19(3,27-18(28)29)10-30-15-5-4-12(8-14(15)20(21,22)23)13-6-7-26-17(25)16(13)24/h4-8,11,27H,9-10,24H2,1-3H3,(H2,25,26)(H,28,29). The lowest BCUT2D eigenvalue weighted by molar-refractivity contribution is -0.139. The topological polar surface area (TPSA) is 123 Å². The summed E-state index contributed by atoms with van der Waals surface area (Å²) < 4.78 is 46.6. The van der Waals surface area contributed by atoms with E-state index in [-0.39, 0.29) is 29.6 Å². The van der Waals surface area contributed by atoms with Crippen molar-refractivity contribution in [3.8, 4) is 16.9 Å². The largest absolute Gasteiger partial charge is 0.491 e. The van der Waals surface area contributed by atoms with Crippen LogP contribution in [-0.2, 0) is 6.18 Å². The van der Waals surface area contributed by atoms with Crippen LogP contribution in [-0.4, -0.2) is 28.3 Å². The molecule has 1 aromatic carbocycles. The molecule has 1 heterocycles. The molecule has 30 heavy (non-hydrogen) atoms. The first-order valence-electron chi connectivity index (χ1n) is 9.18. The van der Waals surface area contributed by atoms with Crippen LogP contribution >= 0.6 is 0 Å². The minimum absolute atomic E-state index is 0.0191. The molecule has 10 heteroatoms. The first-order valence-corrected chi connectivity index (χ1v) is 9.18. The van der Waals surface area contributed by atoms with Gasteiger partial charge in [0.05, 0.1) is 16.8 Å². The SMILES string of the molecule is CC(C)CC(C)(COc1ccc(-c2ccnc(N)c2N)cc1C(F)(F)F)NC(=O)O. The van der Waals surface area contributed by atoms with E-state index in [1.165, 1.54) is 24.4 Å². The van der Waals surface area contributed by atoms with Crippen molar-refractivity contribution in [1.82, 2.24) is 10.3 Å². The lowest BCUT2D eigenvalue weighted by atomic mass is 9.91. The van der Waals surface area contributed by atoms with E-state index in [2.05, 4.69) is 10.3 Å². The number of nitrogens with one attached hydrogen (secondary N) is 1. The van der Waals surface area contributed by atoms with E-state index in [9.17, 15) is 18.0 Å². The zero-order chi connectivity index (χ0) is 22.7. The molecule has 1 atom stereocenters. The second-order valence-corrected chi connectivity index (χ2v) is 7.74. The van der Waals surface area contributed by atoms with Gasteiger partial charge in [-0.2, -0.15) is 13.2 Å². The van der Waals surface area contributed by atoms with Crippen LogP contribution in [0, 0.1) is 5.92 Å². The Balaban J connectivity index is 2.40. The molecule has 0 bridgehead atoms. The van der Waals surface area contributed by atoms with Crippen LogP contribution in [0.25, 0.3) is 11.1 Å². The fourth-order valence-electron chi connectivity index (χ4n) is 3.33. The van der Waals surface area contributed by atoms with Gasteiger partial charge in [-0.3, -0.25) is 0 Å². The number of aromatic nitrogens is 1. The molecule has 164 valence electrons. The highest BCUT2D eigenvalue weighted by molar-refractivity contribution is 5.82. The molecule has 0 fully saturated rings. The van der Waals surface area contributed by atoms with Gasteiger partial charge in [0.15, 0.2) is 0 Å². The summed E-state index contributed by atoms with van der Waals surface area (Å²) in [6.07, 6.45) is -4.24. The molecular formula is C20H25F3N4O3. The van der Waals surface area contributed by atoms with Crippen LogP contribution in [0.15, 0.2) is 30.5 Å². The number of carboxylic acid groups (broad SMARTS) is 1. The minimum Gasteiger partial charge on any atom is -0.491 e. The maximum Gasteiger partial charge on any atom is 0.419 e.